The number of nitrogens with zero attached hydrogens (tertiary/aromatic N) is 1. The molecule has 0 saturated heterocycles. The summed E-state index contributed by atoms with van der Waals surface area (Å²) in [7, 11) is 0. The number of hydrogen-bond acceptors (Lipinski definition) is 1. The first-order valence-corrected chi connectivity index (χ1v) is 6.66. The van der Waals surface area contributed by atoms with Gasteiger partial charge in [-0.05, 0) is 12.8 Å². The quantitative estimate of drug-likeness (QED) is 0.564. The Balaban J connectivity index is 2.68. The van der Waals surface area contributed by atoms with Crippen LogP contribution in [0.3, 0.4) is 0 Å². The van der Waals surface area contributed by atoms with Crippen molar-refractivity contribution >= 4 is 5.84 Å². The third-order valence-corrected chi connectivity index (χ3v) is 2.90. The zero-order valence-corrected chi connectivity index (χ0v) is 11.0. The molecule has 1 aromatic carbocycles. The second-order valence-electron chi connectivity index (χ2n) is 4.47. The van der Waals surface area contributed by atoms with Crippen molar-refractivity contribution in [1.29, 1.82) is 0 Å². The summed E-state index contributed by atoms with van der Waals surface area (Å²) in [6, 6.07) is 10.4. The summed E-state index contributed by atoms with van der Waals surface area (Å²) < 4.78 is 0. The average molecular weight is 232 g/mol. The molecule has 0 aromatic heterocycles. The van der Waals surface area contributed by atoms with Crippen LogP contribution < -0.4 is 5.73 Å². The minimum atomic E-state index is 0.389. The molecule has 0 saturated carbocycles. The normalized spacial score (nSPS) is 13.6. The van der Waals surface area contributed by atoms with Gasteiger partial charge in [-0.15, -0.1) is 0 Å². The van der Waals surface area contributed by atoms with Crippen molar-refractivity contribution in [3.63, 3.8) is 0 Å². The number of benzene rings is 1. The van der Waals surface area contributed by atoms with Crippen molar-refractivity contribution in [3.8, 4) is 0 Å². The zero-order chi connectivity index (χ0) is 12.5. The van der Waals surface area contributed by atoms with E-state index in [1.54, 1.807) is 0 Å². The van der Waals surface area contributed by atoms with Gasteiger partial charge in [-0.3, -0.25) is 4.99 Å². The smallest absolute Gasteiger partial charge is 0.125 e. The van der Waals surface area contributed by atoms with E-state index in [0.717, 1.165) is 18.4 Å². The summed E-state index contributed by atoms with van der Waals surface area (Å²) in [5, 5.41) is 0. The van der Waals surface area contributed by atoms with Crippen LogP contribution in [0.1, 0.15) is 51.5 Å². The van der Waals surface area contributed by atoms with Crippen molar-refractivity contribution in [2.75, 3.05) is 0 Å². The first-order valence-electron chi connectivity index (χ1n) is 6.66. The van der Waals surface area contributed by atoms with Crippen LogP contribution in [-0.4, -0.2) is 11.9 Å². The number of rotatable bonds is 7. The van der Waals surface area contributed by atoms with Gasteiger partial charge in [-0.1, -0.05) is 63.4 Å². The Bertz CT molecular complexity index is 330. The van der Waals surface area contributed by atoms with Gasteiger partial charge in [0, 0.05) is 5.56 Å². The van der Waals surface area contributed by atoms with E-state index in [2.05, 4.69) is 18.8 Å². The van der Waals surface area contributed by atoms with Gasteiger partial charge >= 0.3 is 0 Å². The minimum Gasteiger partial charge on any atom is -0.383 e. The molecule has 1 aromatic rings. The van der Waals surface area contributed by atoms with Crippen molar-refractivity contribution in [1.82, 2.24) is 0 Å². The average Bonchev–Trinajstić information content (AvgIpc) is 2.37. The lowest BCUT2D eigenvalue weighted by atomic mass is 10.1. The van der Waals surface area contributed by atoms with Crippen molar-refractivity contribution in [2.24, 2.45) is 10.7 Å². The number of amidine groups is 1. The lowest BCUT2D eigenvalue weighted by molar-refractivity contribution is 0.537. The Hall–Kier alpha value is -1.31. The molecule has 0 amide bonds. The molecule has 0 radical (unpaired) electrons. The lowest BCUT2D eigenvalue weighted by Crippen LogP contribution is -2.18. The summed E-state index contributed by atoms with van der Waals surface area (Å²) in [6.45, 7) is 4.42. The third-order valence-electron chi connectivity index (χ3n) is 2.90. The van der Waals surface area contributed by atoms with Crippen LogP contribution in [-0.2, 0) is 0 Å². The number of unbranched alkanes of at least 4 members (excludes halogenated alkanes) is 1. The van der Waals surface area contributed by atoms with E-state index in [0.29, 0.717) is 11.9 Å². The van der Waals surface area contributed by atoms with Gasteiger partial charge in [-0.2, -0.15) is 0 Å². The molecule has 94 valence electrons. The molecule has 0 aliphatic heterocycles. The maximum absolute atomic E-state index is 6.05. The number of hydrogen-bond donors (Lipinski definition) is 1. The van der Waals surface area contributed by atoms with Gasteiger partial charge in [0.25, 0.3) is 0 Å². The predicted octanol–water partition coefficient (Wildman–Crippen LogP) is 3.75. The van der Waals surface area contributed by atoms with E-state index in [-0.39, 0.29) is 0 Å². The second kappa shape index (κ2) is 7.88. The first kappa shape index (κ1) is 13.8. The van der Waals surface area contributed by atoms with E-state index in [1.807, 2.05) is 30.3 Å². The van der Waals surface area contributed by atoms with Gasteiger partial charge in [0.15, 0.2) is 0 Å². The van der Waals surface area contributed by atoms with E-state index < -0.39 is 0 Å². The Kier molecular flexibility index (Phi) is 6.38. The standard InChI is InChI=1S/C15H24N2/c1-3-5-12-14(9-4-2)17-15(16)13-10-7-6-8-11-13/h6-8,10-11,14H,3-5,9,12H2,1-2H3,(H2,16,17). The van der Waals surface area contributed by atoms with Crippen molar-refractivity contribution in [3.05, 3.63) is 35.9 Å². The maximum Gasteiger partial charge on any atom is 0.125 e. The van der Waals surface area contributed by atoms with E-state index in [4.69, 9.17) is 5.73 Å². The lowest BCUT2D eigenvalue weighted by Gasteiger charge is -2.12. The number of aliphatic imine (C=N–C) groups is 1. The fourth-order valence-corrected chi connectivity index (χ4v) is 1.93. The molecule has 0 heterocycles. The summed E-state index contributed by atoms with van der Waals surface area (Å²) in [4.78, 5) is 4.67. The molecule has 0 aliphatic carbocycles. The van der Waals surface area contributed by atoms with Gasteiger partial charge < -0.3 is 5.73 Å². The molecule has 0 bridgehead atoms. The van der Waals surface area contributed by atoms with Gasteiger partial charge in [0.05, 0.1) is 6.04 Å². The highest BCUT2D eigenvalue weighted by atomic mass is 14.9. The molecule has 0 aliphatic rings. The molecular formula is C15H24N2. The Morgan fingerprint density at radius 3 is 2.41 bits per heavy atom. The molecule has 0 spiro atoms. The van der Waals surface area contributed by atoms with Crippen LogP contribution in [0.4, 0.5) is 0 Å². The fourth-order valence-electron chi connectivity index (χ4n) is 1.93. The van der Waals surface area contributed by atoms with Crippen molar-refractivity contribution < 1.29 is 0 Å². The van der Waals surface area contributed by atoms with E-state index >= 15 is 0 Å². The summed E-state index contributed by atoms with van der Waals surface area (Å²) in [5.41, 5.74) is 7.08. The number of nitrogens with two attached hydrogens (primary N) is 1. The molecule has 1 rings (SSSR count). The topological polar surface area (TPSA) is 38.4 Å². The van der Waals surface area contributed by atoms with Crippen LogP contribution in [0.25, 0.3) is 0 Å². The molecule has 2 N–H and O–H groups in total. The highest BCUT2D eigenvalue weighted by Gasteiger charge is 2.06. The fraction of sp³-hybridized carbons (Fsp3) is 0.533. The first-order chi connectivity index (χ1) is 8.27. The van der Waals surface area contributed by atoms with Crippen LogP contribution in [0.15, 0.2) is 35.3 Å². The highest BCUT2D eigenvalue weighted by molar-refractivity contribution is 5.97. The molecule has 1 unspecified atom stereocenters. The Labute approximate surface area is 105 Å². The van der Waals surface area contributed by atoms with E-state index in [9.17, 15) is 0 Å². The Morgan fingerprint density at radius 2 is 1.82 bits per heavy atom. The predicted molar refractivity (Wildman–Crippen MR) is 75.4 cm³/mol. The third kappa shape index (κ3) is 5.03. The summed E-state index contributed by atoms with van der Waals surface area (Å²) in [5.74, 6) is 0.681. The SMILES string of the molecule is CCCCC(CCC)N=C(N)c1ccccc1. The highest BCUT2D eigenvalue weighted by Crippen LogP contribution is 2.12. The maximum atomic E-state index is 6.05. The second-order valence-corrected chi connectivity index (χ2v) is 4.47. The van der Waals surface area contributed by atoms with Crippen LogP contribution >= 0.6 is 0 Å². The van der Waals surface area contributed by atoms with E-state index in [1.165, 1.54) is 19.3 Å². The Morgan fingerprint density at radius 1 is 1.12 bits per heavy atom. The van der Waals surface area contributed by atoms with Gasteiger partial charge in [-0.25, -0.2) is 0 Å². The molecule has 2 heteroatoms. The summed E-state index contributed by atoms with van der Waals surface area (Å²) in [6.07, 6.45) is 5.91. The molecular weight excluding hydrogens is 208 g/mol. The monoisotopic (exact) mass is 232 g/mol. The van der Waals surface area contributed by atoms with Gasteiger partial charge in [0.1, 0.15) is 5.84 Å². The molecule has 1 atom stereocenters. The van der Waals surface area contributed by atoms with Crippen LogP contribution in [0, 0.1) is 0 Å². The minimum absolute atomic E-state index is 0.389. The van der Waals surface area contributed by atoms with Crippen LogP contribution in [0.5, 0.6) is 0 Å². The molecule has 17 heavy (non-hydrogen) atoms. The molecule has 2 nitrogen and oxygen atoms in total. The largest absolute Gasteiger partial charge is 0.383 e. The van der Waals surface area contributed by atoms with Crippen molar-refractivity contribution in [2.45, 2.75) is 52.0 Å². The zero-order valence-electron chi connectivity index (χ0n) is 11.0. The van der Waals surface area contributed by atoms with Gasteiger partial charge in [0.2, 0.25) is 0 Å². The molecule has 0 fully saturated rings. The summed E-state index contributed by atoms with van der Waals surface area (Å²) >= 11 is 0. The van der Waals surface area contributed by atoms with Crippen LogP contribution in [0.2, 0.25) is 0 Å².